The predicted molar refractivity (Wildman–Crippen MR) is 70.2 cm³/mol. The third-order valence-corrected chi connectivity index (χ3v) is 3.05. The van der Waals surface area contributed by atoms with Gasteiger partial charge in [0, 0.05) is 18.8 Å². The van der Waals surface area contributed by atoms with E-state index in [0.717, 1.165) is 11.3 Å². The van der Waals surface area contributed by atoms with Crippen molar-refractivity contribution in [2.75, 3.05) is 11.9 Å². The Balaban J connectivity index is 2.61. The van der Waals surface area contributed by atoms with Crippen LogP contribution in [0, 0.1) is 5.41 Å². The van der Waals surface area contributed by atoms with Crippen LogP contribution in [0.4, 0.5) is 5.13 Å². The van der Waals surface area contributed by atoms with Crippen LogP contribution in [0.2, 0.25) is 0 Å². The Morgan fingerprint density at radius 3 is 2.58 bits per heavy atom. The normalized spacial score (nSPS) is 10.9. The van der Waals surface area contributed by atoms with Gasteiger partial charge in [0.1, 0.15) is 5.69 Å². The van der Waals surface area contributed by atoms with Gasteiger partial charge in [-0.25, -0.2) is 4.98 Å². The number of hydrogen-bond donors (Lipinski definition) is 3. The number of amides is 2. The lowest BCUT2D eigenvalue weighted by Gasteiger charge is -2.18. The van der Waals surface area contributed by atoms with E-state index in [-0.39, 0.29) is 18.1 Å². The zero-order valence-corrected chi connectivity index (χ0v) is 11.6. The van der Waals surface area contributed by atoms with Crippen LogP contribution in [0.25, 0.3) is 0 Å². The number of aliphatic carboxylic acids is 1. The SMILES string of the molecule is CC(=O)Nc1nc(C(=O)NCC(C)(C)C(=O)O)cs1. The summed E-state index contributed by atoms with van der Waals surface area (Å²) in [5.41, 5.74) is -0.901. The molecule has 0 fully saturated rings. The molecule has 2 amide bonds. The Bertz CT molecular complexity index is 510. The Labute approximate surface area is 114 Å². The second-order valence-corrected chi connectivity index (χ2v) is 5.45. The van der Waals surface area contributed by atoms with Crippen molar-refractivity contribution in [2.24, 2.45) is 5.41 Å². The number of rotatable bonds is 5. The largest absolute Gasteiger partial charge is 0.481 e. The molecule has 7 nitrogen and oxygen atoms in total. The lowest BCUT2D eigenvalue weighted by Crippen LogP contribution is -2.39. The molecule has 0 aliphatic heterocycles. The van der Waals surface area contributed by atoms with Gasteiger partial charge in [-0.2, -0.15) is 0 Å². The van der Waals surface area contributed by atoms with Gasteiger partial charge in [-0.15, -0.1) is 11.3 Å². The number of nitrogens with one attached hydrogen (secondary N) is 2. The minimum Gasteiger partial charge on any atom is -0.481 e. The minimum absolute atomic E-state index is 0.00579. The molecule has 1 aromatic heterocycles. The smallest absolute Gasteiger partial charge is 0.310 e. The van der Waals surface area contributed by atoms with Crippen LogP contribution in [-0.4, -0.2) is 34.4 Å². The summed E-state index contributed by atoms with van der Waals surface area (Å²) in [5, 5.41) is 15.7. The van der Waals surface area contributed by atoms with Crippen LogP contribution in [-0.2, 0) is 9.59 Å². The molecule has 1 aromatic rings. The first-order chi connectivity index (χ1) is 8.72. The predicted octanol–water partition coefficient (Wildman–Crippen LogP) is 0.942. The van der Waals surface area contributed by atoms with E-state index in [1.165, 1.54) is 26.2 Å². The third kappa shape index (κ3) is 4.32. The average molecular weight is 285 g/mol. The summed E-state index contributed by atoms with van der Waals surface area (Å²) in [7, 11) is 0. The van der Waals surface area contributed by atoms with Crippen molar-refractivity contribution in [2.45, 2.75) is 20.8 Å². The molecular formula is C11H15N3O4S. The highest BCUT2D eigenvalue weighted by molar-refractivity contribution is 7.14. The molecule has 19 heavy (non-hydrogen) atoms. The van der Waals surface area contributed by atoms with Gasteiger partial charge in [0.25, 0.3) is 5.91 Å². The average Bonchev–Trinajstić information content (AvgIpc) is 2.73. The molecule has 104 valence electrons. The highest BCUT2D eigenvalue weighted by Crippen LogP contribution is 2.16. The molecule has 0 saturated heterocycles. The van der Waals surface area contributed by atoms with Gasteiger partial charge in [-0.05, 0) is 13.8 Å². The first-order valence-electron chi connectivity index (χ1n) is 5.47. The highest BCUT2D eigenvalue weighted by atomic mass is 32.1. The van der Waals surface area contributed by atoms with E-state index in [1.807, 2.05) is 0 Å². The first kappa shape index (κ1) is 15.1. The van der Waals surface area contributed by atoms with Crippen molar-refractivity contribution in [1.29, 1.82) is 0 Å². The third-order valence-electron chi connectivity index (χ3n) is 2.29. The van der Waals surface area contributed by atoms with Gasteiger partial charge < -0.3 is 15.7 Å². The fourth-order valence-corrected chi connectivity index (χ4v) is 1.79. The lowest BCUT2D eigenvalue weighted by atomic mass is 9.94. The molecule has 0 saturated carbocycles. The Morgan fingerprint density at radius 2 is 2.05 bits per heavy atom. The number of hydrogen-bond acceptors (Lipinski definition) is 5. The highest BCUT2D eigenvalue weighted by Gasteiger charge is 2.28. The van der Waals surface area contributed by atoms with Crippen LogP contribution in [0.1, 0.15) is 31.3 Å². The summed E-state index contributed by atoms with van der Waals surface area (Å²) < 4.78 is 0. The van der Waals surface area contributed by atoms with Gasteiger partial charge in [-0.1, -0.05) is 0 Å². The molecule has 0 aromatic carbocycles. The van der Waals surface area contributed by atoms with Crippen molar-refractivity contribution < 1.29 is 19.5 Å². The maximum atomic E-state index is 11.7. The molecule has 3 N–H and O–H groups in total. The Morgan fingerprint density at radius 1 is 1.42 bits per heavy atom. The van der Waals surface area contributed by atoms with Crippen LogP contribution in [0.3, 0.4) is 0 Å². The molecule has 0 unspecified atom stereocenters. The number of carbonyl (C=O) groups is 3. The molecule has 0 aliphatic carbocycles. The molecule has 0 radical (unpaired) electrons. The monoisotopic (exact) mass is 285 g/mol. The second-order valence-electron chi connectivity index (χ2n) is 4.59. The summed E-state index contributed by atoms with van der Waals surface area (Å²) in [6.45, 7) is 4.36. The Kier molecular flexibility index (Phi) is 4.60. The second kappa shape index (κ2) is 5.79. The number of aromatic nitrogens is 1. The summed E-state index contributed by atoms with van der Waals surface area (Å²) in [4.78, 5) is 37.4. The maximum Gasteiger partial charge on any atom is 0.310 e. The topological polar surface area (TPSA) is 108 Å². The van der Waals surface area contributed by atoms with Crippen molar-refractivity contribution in [3.8, 4) is 0 Å². The molecule has 0 atom stereocenters. The molecule has 0 bridgehead atoms. The molecular weight excluding hydrogens is 270 g/mol. The fourth-order valence-electron chi connectivity index (χ4n) is 1.05. The van der Waals surface area contributed by atoms with Crippen LogP contribution >= 0.6 is 11.3 Å². The van der Waals surface area contributed by atoms with Gasteiger partial charge in [0.05, 0.1) is 5.41 Å². The molecule has 8 heteroatoms. The van der Waals surface area contributed by atoms with E-state index in [9.17, 15) is 14.4 Å². The fraction of sp³-hybridized carbons (Fsp3) is 0.455. The maximum absolute atomic E-state index is 11.7. The van der Waals surface area contributed by atoms with E-state index in [0.29, 0.717) is 5.13 Å². The molecule has 0 spiro atoms. The van der Waals surface area contributed by atoms with Crippen LogP contribution < -0.4 is 10.6 Å². The summed E-state index contributed by atoms with van der Waals surface area (Å²) in [5.74, 6) is -1.74. The van der Waals surface area contributed by atoms with Crippen molar-refractivity contribution in [3.05, 3.63) is 11.1 Å². The van der Waals surface area contributed by atoms with Crippen LogP contribution in [0.15, 0.2) is 5.38 Å². The minimum atomic E-state index is -1.05. The number of carbonyl (C=O) groups excluding carboxylic acids is 2. The Hall–Kier alpha value is -1.96. The van der Waals surface area contributed by atoms with Gasteiger partial charge in [-0.3, -0.25) is 14.4 Å². The first-order valence-corrected chi connectivity index (χ1v) is 6.35. The van der Waals surface area contributed by atoms with E-state index in [4.69, 9.17) is 5.11 Å². The van der Waals surface area contributed by atoms with Crippen molar-refractivity contribution in [3.63, 3.8) is 0 Å². The summed E-state index contributed by atoms with van der Waals surface area (Å²) in [6.07, 6.45) is 0. The van der Waals surface area contributed by atoms with Crippen molar-refractivity contribution >= 4 is 34.3 Å². The zero-order chi connectivity index (χ0) is 14.6. The van der Waals surface area contributed by atoms with Crippen LogP contribution in [0.5, 0.6) is 0 Å². The molecule has 0 aliphatic rings. The number of anilines is 1. The van der Waals surface area contributed by atoms with E-state index < -0.39 is 17.3 Å². The van der Waals surface area contributed by atoms with E-state index >= 15 is 0 Å². The summed E-state index contributed by atoms with van der Waals surface area (Å²) in [6, 6.07) is 0. The zero-order valence-electron chi connectivity index (χ0n) is 10.8. The van der Waals surface area contributed by atoms with E-state index in [1.54, 1.807) is 0 Å². The number of carboxylic acid groups (broad SMARTS) is 1. The van der Waals surface area contributed by atoms with Gasteiger partial charge >= 0.3 is 5.97 Å². The lowest BCUT2D eigenvalue weighted by molar-refractivity contribution is -0.146. The quantitative estimate of drug-likeness (QED) is 0.746. The van der Waals surface area contributed by atoms with Crippen molar-refractivity contribution in [1.82, 2.24) is 10.3 Å². The molecule has 1 heterocycles. The van der Waals surface area contributed by atoms with Gasteiger partial charge in [0.2, 0.25) is 5.91 Å². The summed E-state index contributed by atoms with van der Waals surface area (Å²) >= 11 is 1.13. The van der Waals surface area contributed by atoms with Gasteiger partial charge in [0.15, 0.2) is 5.13 Å². The number of carboxylic acids is 1. The number of nitrogens with zero attached hydrogens (tertiary/aromatic N) is 1. The number of thiazole rings is 1. The molecule has 1 rings (SSSR count). The standard InChI is InChI=1S/C11H15N3O4S/c1-6(15)13-10-14-7(4-19-10)8(16)12-5-11(2,3)9(17)18/h4H,5H2,1-3H3,(H,12,16)(H,17,18)(H,13,14,15). The van der Waals surface area contributed by atoms with E-state index in [2.05, 4.69) is 15.6 Å².